The Kier molecular flexibility index (Phi) is 4.79. The van der Waals surface area contributed by atoms with Crippen LogP contribution in [0.3, 0.4) is 0 Å². The molecule has 0 heterocycles. The smallest absolute Gasteiger partial charge is 0.0542 e. The molecule has 0 spiro atoms. The van der Waals surface area contributed by atoms with Crippen LogP contribution < -0.4 is 0 Å². The molecule has 1 saturated carbocycles. The minimum absolute atomic E-state index is 0.00319. The van der Waals surface area contributed by atoms with Gasteiger partial charge in [-0.3, -0.25) is 0 Å². The molecule has 0 aromatic rings. The molecule has 78 valence electrons. The highest BCUT2D eigenvalue weighted by molar-refractivity contribution is 4.72. The predicted molar refractivity (Wildman–Crippen MR) is 56.7 cm³/mol. The Balaban J connectivity index is 2.30. The van der Waals surface area contributed by atoms with E-state index in [0.29, 0.717) is 0 Å². The van der Waals surface area contributed by atoms with E-state index in [2.05, 4.69) is 13.8 Å². The molecule has 0 aliphatic heterocycles. The minimum Gasteiger partial charge on any atom is -0.393 e. The number of rotatable bonds is 3. The van der Waals surface area contributed by atoms with Crippen molar-refractivity contribution in [3.8, 4) is 0 Å². The van der Waals surface area contributed by atoms with Crippen molar-refractivity contribution in [2.45, 2.75) is 64.9 Å². The van der Waals surface area contributed by atoms with Gasteiger partial charge in [0.1, 0.15) is 0 Å². The van der Waals surface area contributed by atoms with E-state index in [4.69, 9.17) is 0 Å². The second-order valence-corrected chi connectivity index (χ2v) is 4.79. The van der Waals surface area contributed by atoms with Crippen LogP contribution in [-0.2, 0) is 0 Å². The lowest BCUT2D eigenvalue weighted by molar-refractivity contribution is 0.135. The molecule has 0 aromatic heterocycles. The van der Waals surface area contributed by atoms with Crippen molar-refractivity contribution < 1.29 is 5.11 Å². The third kappa shape index (κ3) is 4.12. The van der Waals surface area contributed by atoms with Crippen LogP contribution in [0.5, 0.6) is 0 Å². The van der Waals surface area contributed by atoms with E-state index in [1.807, 2.05) is 0 Å². The second-order valence-electron chi connectivity index (χ2n) is 4.79. The molecule has 1 N–H and O–H groups in total. The van der Waals surface area contributed by atoms with Crippen molar-refractivity contribution in [2.24, 2.45) is 11.8 Å². The summed E-state index contributed by atoms with van der Waals surface area (Å²) < 4.78 is 0. The zero-order valence-electron chi connectivity index (χ0n) is 9.13. The summed E-state index contributed by atoms with van der Waals surface area (Å²) in [6.45, 7) is 4.59. The van der Waals surface area contributed by atoms with E-state index in [1.54, 1.807) is 0 Å². The highest BCUT2D eigenvalue weighted by Gasteiger charge is 2.19. The molecule has 0 amide bonds. The van der Waals surface area contributed by atoms with Gasteiger partial charge >= 0.3 is 0 Å². The van der Waals surface area contributed by atoms with E-state index >= 15 is 0 Å². The van der Waals surface area contributed by atoms with Crippen LogP contribution in [0, 0.1) is 11.8 Å². The molecule has 1 fully saturated rings. The van der Waals surface area contributed by atoms with Crippen LogP contribution in [0.1, 0.15) is 58.8 Å². The number of hydrogen-bond donors (Lipinski definition) is 1. The summed E-state index contributed by atoms with van der Waals surface area (Å²) in [4.78, 5) is 0. The summed E-state index contributed by atoms with van der Waals surface area (Å²) in [7, 11) is 0. The van der Waals surface area contributed by atoms with Crippen LogP contribution >= 0.6 is 0 Å². The monoisotopic (exact) mass is 184 g/mol. The molecule has 1 aliphatic carbocycles. The van der Waals surface area contributed by atoms with Gasteiger partial charge in [-0.05, 0) is 31.1 Å². The molecule has 3 unspecified atom stereocenters. The van der Waals surface area contributed by atoms with Crippen molar-refractivity contribution in [1.29, 1.82) is 0 Å². The van der Waals surface area contributed by atoms with Crippen LogP contribution in [0.25, 0.3) is 0 Å². The van der Waals surface area contributed by atoms with Crippen molar-refractivity contribution in [3.63, 3.8) is 0 Å². The van der Waals surface area contributed by atoms with Crippen molar-refractivity contribution >= 4 is 0 Å². The first-order valence-corrected chi connectivity index (χ1v) is 5.90. The van der Waals surface area contributed by atoms with Gasteiger partial charge < -0.3 is 5.11 Å². The standard InChI is InChI=1S/C12H24O/c1-3-10(2)8-11-6-4-5-7-12(13)9-11/h10-13H,3-9H2,1-2H3. The molecule has 1 nitrogen and oxygen atoms in total. The fourth-order valence-corrected chi connectivity index (χ4v) is 2.38. The molecule has 0 bridgehead atoms. The Morgan fingerprint density at radius 3 is 2.69 bits per heavy atom. The Bertz CT molecular complexity index is 133. The van der Waals surface area contributed by atoms with Gasteiger partial charge in [0.05, 0.1) is 6.10 Å². The second kappa shape index (κ2) is 5.64. The van der Waals surface area contributed by atoms with Crippen LogP contribution in [0.15, 0.2) is 0 Å². The Morgan fingerprint density at radius 1 is 1.31 bits per heavy atom. The molecule has 1 rings (SSSR count). The molecular formula is C12H24O. The van der Waals surface area contributed by atoms with E-state index < -0.39 is 0 Å². The number of aliphatic hydroxyl groups is 1. The van der Waals surface area contributed by atoms with Gasteiger partial charge in [0.15, 0.2) is 0 Å². The lowest BCUT2D eigenvalue weighted by Gasteiger charge is -2.19. The summed E-state index contributed by atoms with van der Waals surface area (Å²) in [5, 5.41) is 9.65. The largest absolute Gasteiger partial charge is 0.393 e. The van der Waals surface area contributed by atoms with Crippen molar-refractivity contribution in [2.75, 3.05) is 0 Å². The van der Waals surface area contributed by atoms with Crippen LogP contribution in [0.2, 0.25) is 0 Å². The summed E-state index contributed by atoms with van der Waals surface area (Å²) in [5.41, 5.74) is 0. The third-order valence-electron chi connectivity index (χ3n) is 3.44. The summed E-state index contributed by atoms with van der Waals surface area (Å²) >= 11 is 0. The lowest BCUT2D eigenvalue weighted by atomic mass is 9.88. The Hall–Kier alpha value is -0.0400. The van der Waals surface area contributed by atoms with E-state index in [0.717, 1.165) is 24.7 Å². The van der Waals surface area contributed by atoms with E-state index in [1.165, 1.54) is 32.1 Å². The molecule has 0 radical (unpaired) electrons. The average Bonchev–Trinajstić information content (AvgIpc) is 2.30. The van der Waals surface area contributed by atoms with Crippen LogP contribution in [0.4, 0.5) is 0 Å². The van der Waals surface area contributed by atoms with Crippen molar-refractivity contribution in [1.82, 2.24) is 0 Å². The van der Waals surface area contributed by atoms with Gasteiger partial charge in [-0.25, -0.2) is 0 Å². The fourth-order valence-electron chi connectivity index (χ4n) is 2.38. The van der Waals surface area contributed by atoms with Gasteiger partial charge in [0.25, 0.3) is 0 Å². The highest BCUT2D eigenvalue weighted by atomic mass is 16.3. The molecular weight excluding hydrogens is 160 g/mol. The maximum Gasteiger partial charge on any atom is 0.0542 e. The quantitative estimate of drug-likeness (QED) is 0.667. The maximum absolute atomic E-state index is 9.65. The highest BCUT2D eigenvalue weighted by Crippen LogP contribution is 2.29. The Morgan fingerprint density at radius 2 is 2.00 bits per heavy atom. The maximum atomic E-state index is 9.65. The molecule has 0 aromatic carbocycles. The first kappa shape index (κ1) is 11.0. The molecule has 1 heteroatoms. The van der Waals surface area contributed by atoms with Gasteiger partial charge in [0, 0.05) is 0 Å². The molecule has 1 aliphatic rings. The summed E-state index contributed by atoms with van der Waals surface area (Å²) in [5.74, 6) is 1.64. The van der Waals surface area contributed by atoms with Gasteiger partial charge in [-0.2, -0.15) is 0 Å². The van der Waals surface area contributed by atoms with Gasteiger partial charge in [0.2, 0.25) is 0 Å². The third-order valence-corrected chi connectivity index (χ3v) is 3.44. The summed E-state index contributed by atoms with van der Waals surface area (Å²) in [6, 6.07) is 0. The number of hydrogen-bond acceptors (Lipinski definition) is 1. The van der Waals surface area contributed by atoms with E-state index in [9.17, 15) is 5.11 Å². The Labute approximate surface area is 82.5 Å². The first-order valence-electron chi connectivity index (χ1n) is 5.90. The average molecular weight is 184 g/mol. The van der Waals surface area contributed by atoms with Gasteiger partial charge in [-0.15, -0.1) is 0 Å². The SMILES string of the molecule is CCC(C)CC1CCCCC(O)C1. The summed E-state index contributed by atoms with van der Waals surface area (Å²) in [6.07, 6.45) is 8.62. The van der Waals surface area contributed by atoms with E-state index in [-0.39, 0.29) is 6.10 Å². The van der Waals surface area contributed by atoms with Crippen molar-refractivity contribution in [3.05, 3.63) is 0 Å². The lowest BCUT2D eigenvalue weighted by Crippen LogP contribution is -2.12. The number of aliphatic hydroxyl groups excluding tert-OH is 1. The topological polar surface area (TPSA) is 20.2 Å². The zero-order valence-corrected chi connectivity index (χ0v) is 9.13. The molecule has 13 heavy (non-hydrogen) atoms. The molecule has 0 saturated heterocycles. The normalized spacial score (nSPS) is 32.5. The van der Waals surface area contributed by atoms with Gasteiger partial charge in [-0.1, -0.05) is 39.5 Å². The molecule has 3 atom stereocenters. The first-order chi connectivity index (χ1) is 6.22. The van der Waals surface area contributed by atoms with Crippen LogP contribution in [-0.4, -0.2) is 11.2 Å². The minimum atomic E-state index is -0.00319. The predicted octanol–water partition coefficient (Wildman–Crippen LogP) is 3.36. The zero-order chi connectivity index (χ0) is 9.68. The fraction of sp³-hybridized carbons (Fsp3) is 1.00.